The van der Waals surface area contributed by atoms with Crippen LogP contribution in [0.15, 0.2) is 6.07 Å². The zero-order valence-corrected chi connectivity index (χ0v) is 10.4. The molecule has 0 radical (unpaired) electrons. The second-order valence-corrected chi connectivity index (χ2v) is 4.70. The molecular formula is C12H20N4O. The first-order valence-corrected chi connectivity index (χ1v) is 6.20. The Kier molecular flexibility index (Phi) is 3.47. The first-order valence-electron chi connectivity index (χ1n) is 6.20. The highest BCUT2D eigenvalue weighted by molar-refractivity contribution is 5.92. The van der Waals surface area contributed by atoms with Gasteiger partial charge in [-0.25, -0.2) is 0 Å². The van der Waals surface area contributed by atoms with Crippen molar-refractivity contribution in [3.8, 4) is 0 Å². The molecule has 3 N–H and O–H groups in total. The van der Waals surface area contributed by atoms with E-state index in [0.29, 0.717) is 24.7 Å². The molecule has 1 atom stereocenters. The van der Waals surface area contributed by atoms with Crippen LogP contribution in [-0.2, 0) is 6.54 Å². The number of nitrogens with zero attached hydrogens (tertiary/aromatic N) is 2. The van der Waals surface area contributed by atoms with Crippen LogP contribution in [0.1, 0.15) is 35.9 Å². The quantitative estimate of drug-likeness (QED) is 0.789. The van der Waals surface area contributed by atoms with E-state index in [4.69, 9.17) is 5.73 Å². The Morgan fingerprint density at radius 3 is 3.00 bits per heavy atom. The van der Waals surface area contributed by atoms with Gasteiger partial charge in [0, 0.05) is 19.1 Å². The highest BCUT2D eigenvalue weighted by atomic mass is 16.2. The third kappa shape index (κ3) is 2.85. The third-order valence-corrected chi connectivity index (χ3v) is 3.16. The molecule has 1 aliphatic rings. The molecule has 0 bridgehead atoms. The van der Waals surface area contributed by atoms with Gasteiger partial charge in [0.1, 0.15) is 5.69 Å². The number of aryl methyl sites for hydroxylation is 2. The summed E-state index contributed by atoms with van der Waals surface area (Å²) in [6.07, 6.45) is 2.39. The largest absolute Gasteiger partial charge is 0.349 e. The summed E-state index contributed by atoms with van der Waals surface area (Å²) in [6.45, 7) is 5.11. The van der Waals surface area contributed by atoms with E-state index in [1.165, 1.54) is 12.8 Å². The molecule has 0 aliphatic heterocycles. The van der Waals surface area contributed by atoms with Crippen LogP contribution in [-0.4, -0.2) is 28.3 Å². The number of aromatic nitrogens is 2. The molecule has 2 rings (SSSR count). The smallest absolute Gasteiger partial charge is 0.269 e. The summed E-state index contributed by atoms with van der Waals surface area (Å²) in [4.78, 5) is 12.0. The summed E-state index contributed by atoms with van der Waals surface area (Å²) in [5.74, 6) is 0.525. The van der Waals surface area contributed by atoms with Crippen molar-refractivity contribution in [2.24, 2.45) is 11.7 Å². The summed E-state index contributed by atoms with van der Waals surface area (Å²) < 4.78 is 1.72. The average molecular weight is 236 g/mol. The lowest BCUT2D eigenvalue weighted by atomic mass is 10.2. The van der Waals surface area contributed by atoms with Crippen LogP contribution in [0.3, 0.4) is 0 Å². The molecule has 1 fully saturated rings. The zero-order valence-electron chi connectivity index (χ0n) is 10.4. The van der Waals surface area contributed by atoms with Crippen molar-refractivity contribution in [2.75, 3.05) is 6.54 Å². The molecule has 1 aromatic heterocycles. The van der Waals surface area contributed by atoms with Crippen molar-refractivity contribution < 1.29 is 4.79 Å². The number of rotatable bonds is 5. The number of carbonyl (C=O) groups excluding carboxylic acids is 1. The van der Waals surface area contributed by atoms with Gasteiger partial charge in [0.15, 0.2) is 0 Å². The molecule has 17 heavy (non-hydrogen) atoms. The number of amides is 1. The fraction of sp³-hybridized carbons (Fsp3) is 0.667. The summed E-state index contributed by atoms with van der Waals surface area (Å²) in [5.41, 5.74) is 7.43. The molecular weight excluding hydrogens is 216 g/mol. The Hall–Kier alpha value is -1.36. The Bertz CT molecular complexity index is 409. The monoisotopic (exact) mass is 236 g/mol. The zero-order chi connectivity index (χ0) is 12.4. The van der Waals surface area contributed by atoms with E-state index in [1.54, 1.807) is 4.68 Å². The second-order valence-electron chi connectivity index (χ2n) is 4.70. The van der Waals surface area contributed by atoms with E-state index in [0.717, 1.165) is 5.69 Å². The van der Waals surface area contributed by atoms with Crippen molar-refractivity contribution in [2.45, 2.75) is 39.3 Å². The van der Waals surface area contributed by atoms with Gasteiger partial charge in [0.25, 0.3) is 5.91 Å². The fourth-order valence-corrected chi connectivity index (χ4v) is 1.96. The molecule has 0 saturated heterocycles. The van der Waals surface area contributed by atoms with Crippen LogP contribution in [0, 0.1) is 12.8 Å². The molecule has 1 aliphatic carbocycles. The molecule has 1 heterocycles. The van der Waals surface area contributed by atoms with Gasteiger partial charge >= 0.3 is 0 Å². The van der Waals surface area contributed by atoms with Gasteiger partial charge in [-0.05, 0) is 38.7 Å². The lowest BCUT2D eigenvalue weighted by Gasteiger charge is -2.11. The van der Waals surface area contributed by atoms with Crippen LogP contribution in [0.5, 0.6) is 0 Å². The summed E-state index contributed by atoms with van der Waals surface area (Å²) in [7, 11) is 0. The standard InChI is InChI=1S/C12H20N4O/c1-3-16-11(6-8(2)15-16)12(17)14-7-10(13)9-4-5-9/h6,9-10H,3-5,7,13H2,1-2H3,(H,14,17). The first-order chi connectivity index (χ1) is 8.11. The highest BCUT2D eigenvalue weighted by Crippen LogP contribution is 2.31. The molecule has 1 saturated carbocycles. The van der Waals surface area contributed by atoms with Gasteiger partial charge in [0.2, 0.25) is 0 Å². The molecule has 5 nitrogen and oxygen atoms in total. The van der Waals surface area contributed by atoms with Crippen LogP contribution in [0.25, 0.3) is 0 Å². The minimum atomic E-state index is -0.0800. The van der Waals surface area contributed by atoms with Gasteiger partial charge in [-0.3, -0.25) is 9.48 Å². The van der Waals surface area contributed by atoms with Crippen LogP contribution in [0.4, 0.5) is 0 Å². The van der Waals surface area contributed by atoms with Crippen molar-refractivity contribution in [1.29, 1.82) is 0 Å². The van der Waals surface area contributed by atoms with Gasteiger partial charge in [-0.15, -0.1) is 0 Å². The van der Waals surface area contributed by atoms with E-state index in [1.807, 2.05) is 19.9 Å². The van der Waals surface area contributed by atoms with Crippen LogP contribution in [0.2, 0.25) is 0 Å². The molecule has 1 unspecified atom stereocenters. The molecule has 94 valence electrons. The van der Waals surface area contributed by atoms with Crippen molar-refractivity contribution in [1.82, 2.24) is 15.1 Å². The van der Waals surface area contributed by atoms with E-state index in [2.05, 4.69) is 10.4 Å². The number of carbonyl (C=O) groups is 1. The molecule has 5 heteroatoms. The Labute approximate surface area is 101 Å². The van der Waals surface area contributed by atoms with Crippen molar-refractivity contribution in [3.63, 3.8) is 0 Å². The molecule has 1 aromatic rings. The highest BCUT2D eigenvalue weighted by Gasteiger charge is 2.28. The van der Waals surface area contributed by atoms with Gasteiger partial charge < -0.3 is 11.1 Å². The minimum absolute atomic E-state index is 0.0800. The predicted molar refractivity (Wildman–Crippen MR) is 65.7 cm³/mol. The third-order valence-electron chi connectivity index (χ3n) is 3.16. The normalized spacial score (nSPS) is 16.9. The summed E-state index contributed by atoms with van der Waals surface area (Å²) >= 11 is 0. The topological polar surface area (TPSA) is 72.9 Å². The lowest BCUT2D eigenvalue weighted by molar-refractivity contribution is 0.0939. The number of nitrogens with one attached hydrogen (secondary N) is 1. The van der Waals surface area contributed by atoms with Gasteiger partial charge in [0.05, 0.1) is 5.69 Å². The maximum absolute atomic E-state index is 12.0. The second kappa shape index (κ2) is 4.87. The molecule has 0 aromatic carbocycles. The SMILES string of the molecule is CCn1nc(C)cc1C(=O)NCC(N)C1CC1. The van der Waals surface area contributed by atoms with Gasteiger partial charge in [-0.2, -0.15) is 5.10 Å². The van der Waals surface area contributed by atoms with Crippen LogP contribution < -0.4 is 11.1 Å². The molecule has 0 spiro atoms. The van der Waals surface area contributed by atoms with E-state index in [9.17, 15) is 4.79 Å². The van der Waals surface area contributed by atoms with E-state index < -0.39 is 0 Å². The maximum Gasteiger partial charge on any atom is 0.269 e. The van der Waals surface area contributed by atoms with Crippen LogP contribution >= 0.6 is 0 Å². The van der Waals surface area contributed by atoms with E-state index in [-0.39, 0.29) is 11.9 Å². The number of hydrogen-bond acceptors (Lipinski definition) is 3. The number of nitrogens with two attached hydrogens (primary N) is 1. The summed E-state index contributed by atoms with van der Waals surface area (Å²) in [6, 6.07) is 1.90. The first kappa shape index (κ1) is 12.1. The Balaban J connectivity index is 1.93. The Morgan fingerprint density at radius 2 is 2.41 bits per heavy atom. The van der Waals surface area contributed by atoms with Crippen molar-refractivity contribution >= 4 is 5.91 Å². The van der Waals surface area contributed by atoms with Gasteiger partial charge in [-0.1, -0.05) is 0 Å². The molecule has 1 amide bonds. The average Bonchev–Trinajstić information content (AvgIpc) is 3.09. The Morgan fingerprint density at radius 1 is 1.71 bits per heavy atom. The number of hydrogen-bond donors (Lipinski definition) is 2. The lowest BCUT2D eigenvalue weighted by Crippen LogP contribution is -2.39. The minimum Gasteiger partial charge on any atom is -0.349 e. The summed E-state index contributed by atoms with van der Waals surface area (Å²) in [5, 5.41) is 7.13. The van der Waals surface area contributed by atoms with E-state index >= 15 is 0 Å². The maximum atomic E-state index is 12.0. The van der Waals surface area contributed by atoms with Crippen molar-refractivity contribution in [3.05, 3.63) is 17.5 Å². The predicted octanol–water partition coefficient (Wildman–Crippen LogP) is 0.679. The fourth-order valence-electron chi connectivity index (χ4n) is 1.96.